The van der Waals surface area contributed by atoms with Crippen LogP contribution in [0.1, 0.15) is 46.5 Å². The van der Waals surface area contributed by atoms with Gasteiger partial charge in [0.15, 0.2) is 0 Å². The summed E-state index contributed by atoms with van der Waals surface area (Å²) >= 11 is 0. The molecule has 2 bridgehead atoms. The second-order valence-electron chi connectivity index (χ2n) is 7.67. The minimum absolute atomic E-state index is 0.154. The predicted octanol–water partition coefficient (Wildman–Crippen LogP) is 2.12. The summed E-state index contributed by atoms with van der Waals surface area (Å²) in [4.78, 5) is 13.9. The second-order valence-corrected chi connectivity index (χ2v) is 7.67. The van der Waals surface area contributed by atoms with Crippen LogP contribution >= 0.6 is 0 Å². The van der Waals surface area contributed by atoms with Crippen molar-refractivity contribution in [3.8, 4) is 0 Å². The SMILES string of the molecule is CC(C)(C)OC(=O)N1CCC(C23CC(N)(C2)C3)C1. The normalized spacial score (nSPS) is 42.2. The lowest BCUT2D eigenvalue weighted by atomic mass is 9.36. The summed E-state index contributed by atoms with van der Waals surface area (Å²) < 4.78 is 5.43. The molecule has 3 aliphatic carbocycles. The monoisotopic (exact) mass is 252 g/mol. The van der Waals surface area contributed by atoms with E-state index < -0.39 is 5.60 Å². The molecule has 0 aromatic rings. The maximum atomic E-state index is 12.0. The number of carbonyl (C=O) groups is 1. The van der Waals surface area contributed by atoms with Crippen molar-refractivity contribution in [2.24, 2.45) is 17.1 Å². The van der Waals surface area contributed by atoms with E-state index in [0.29, 0.717) is 11.3 Å². The molecule has 4 rings (SSSR count). The fourth-order valence-electron chi connectivity index (χ4n) is 4.13. The summed E-state index contributed by atoms with van der Waals surface area (Å²) in [7, 11) is 0. The predicted molar refractivity (Wildman–Crippen MR) is 69.1 cm³/mol. The van der Waals surface area contributed by atoms with Gasteiger partial charge in [0.2, 0.25) is 0 Å². The Kier molecular flexibility index (Phi) is 2.32. The van der Waals surface area contributed by atoms with E-state index >= 15 is 0 Å². The molecule has 1 unspecified atom stereocenters. The van der Waals surface area contributed by atoms with Gasteiger partial charge in [0.25, 0.3) is 0 Å². The summed E-state index contributed by atoms with van der Waals surface area (Å²) in [5.41, 5.74) is 6.36. The molecule has 2 N–H and O–H groups in total. The van der Waals surface area contributed by atoms with Crippen molar-refractivity contribution in [2.75, 3.05) is 13.1 Å². The summed E-state index contributed by atoms with van der Waals surface area (Å²) in [6, 6.07) is 0. The van der Waals surface area contributed by atoms with Crippen molar-refractivity contribution >= 4 is 6.09 Å². The van der Waals surface area contributed by atoms with E-state index in [2.05, 4.69) is 0 Å². The molecule has 102 valence electrons. The first-order chi connectivity index (χ1) is 8.22. The van der Waals surface area contributed by atoms with Crippen LogP contribution in [-0.2, 0) is 4.74 Å². The van der Waals surface area contributed by atoms with Gasteiger partial charge in [0.1, 0.15) is 5.60 Å². The van der Waals surface area contributed by atoms with Gasteiger partial charge in [-0.1, -0.05) is 0 Å². The lowest BCUT2D eigenvalue weighted by molar-refractivity contribution is -0.168. The maximum Gasteiger partial charge on any atom is 0.410 e. The largest absolute Gasteiger partial charge is 0.444 e. The number of amides is 1. The third-order valence-electron chi connectivity index (χ3n) is 4.82. The van der Waals surface area contributed by atoms with Gasteiger partial charge in [-0.15, -0.1) is 0 Å². The summed E-state index contributed by atoms with van der Waals surface area (Å²) in [5, 5.41) is 0. The molecule has 4 fully saturated rings. The molecular weight excluding hydrogens is 228 g/mol. The fraction of sp³-hybridized carbons (Fsp3) is 0.929. The minimum atomic E-state index is -0.396. The van der Waals surface area contributed by atoms with Crippen molar-refractivity contribution in [3.63, 3.8) is 0 Å². The van der Waals surface area contributed by atoms with Crippen molar-refractivity contribution in [1.29, 1.82) is 0 Å². The average Bonchev–Trinajstić information content (AvgIpc) is 2.57. The zero-order valence-corrected chi connectivity index (χ0v) is 11.7. The Bertz CT molecular complexity index is 366. The molecule has 4 nitrogen and oxygen atoms in total. The highest BCUT2D eigenvalue weighted by molar-refractivity contribution is 5.68. The van der Waals surface area contributed by atoms with E-state index in [1.165, 1.54) is 19.3 Å². The molecule has 0 aromatic heterocycles. The highest BCUT2D eigenvalue weighted by Crippen LogP contribution is 2.70. The number of rotatable bonds is 1. The first-order valence-corrected chi connectivity index (χ1v) is 6.98. The molecule has 1 aliphatic heterocycles. The highest BCUT2D eigenvalue weighted by atomic mass is 16.6. The molecule has 0 aromatic carbocycles. The summed E-state index contributed by atoms with van der Waals surface area (Å²) in [6.07, 6.45) is 4.49. The molecule has 3 saturated carbocycles. The van der Waals surface area contributed by atoms with Crippen molar-refractivity contribution in [3.05, 3.63) is 0 Å². The van der Waals surface area contributed by atoms with Gasteiger partial charge in [0.05, 0.1) is 0 Å². The molecule has 1 amide bonds. The summed E-state index contributed by atoms with van der Waals surface area (Å²) in [5.74, 6) is 0.649. The van der Waals surface area contributed by atoms with Gasteiger partial charge >= 0.3 is 6.09 Å². The summed E-state index contributed by atoms with van der Waals surface area (Å²) in [6.45, 7) is 7.46. The maximum absolute atomic E-state index is 12.0. The van der Waals surface area contributed by atoms with Crippen LogP contribution in [0.3, 0.4) is 0 Å². The van der Waals surface area contributed by atoms with Crippen molar-refractivity contribution < 1.29 is 9.53 Å². The lowest BCUT2D eigenvalue weighted by Gasteiger charge is -2.71. The Morgan fingerprint density at radius 1 is 1.33 bits per heavy atom. The molecule has 1 saturated heterocycles. The zero-order chi connectivity index (χ0) is 13.2. The number of nitrogens with two attached hydrogens (primary N) is 1. The van der Waals surface area contributed by atoms with Gasteiger partial charge in [-0.3, -0.25) is 0 Å². The second kappa shape index (κ2) is 3.41. The van der Waals surface area contributed by atoms with Crippen LogP contribution in [-0.4, -0.2) is 35.2 Å². The van der Waals surface area contributed by atoms with Crippen LogP contribution in [0, 0.1) is 11.3 Å². The van der Waals surface area contributed by atoms with E-state index in [1.807, 2.05) is 25.7 Å². The standard InChI is InChI=1S/C14H24N2O2/c1-12(2,3)18-11(17)16-5-4-10(6-16)13-7-14(15,8-13)9-13/h10H,4-9,15H2,1-3H3. The Balaban J connectivity index is 1.55. The number of hydrogen-bond donors (Lipinski definition) is 1. The van der Waals surface area contributed by atoms with E-state index in [1.54, 1.807) is 0 Å². The van der Waals surface area contributed by atoms with Gasteiger partial charge in [-0.2, -0.15) is 0 Å². The first kappa shape index (κ1) is 12.3. The fourth-order valence-corrected chi connectivity index (χ4v) is 4.13. The molecular formula is C14H24N2O2. The molecule has 1 heterocycles. The van der Waals surface area contributed by atoms with Crippen LogP contribution in [0.15, 0.2) is 0 Å². The van der Waals surface area contributed by atoms with Crippen LogP contribution in [0.25, 0.3) is 0 Å². The Morgan fingerprint density at radius 2 is 1.94 bits per heavy atom. The van der Waals surface area contributed by atoms with Crippen LogP contribution in [0.5, 0.6) is 0 Å². The van der Waals surface area contributed by atoms with Gasteiger partial charge in [0, 0.05) is 18.6 Å². The molecule has 1 atom stereocenters. The highest BCUT2D eigenvalue weighted by Gasteiger charge is 2.68. The Hall–Kier alpha value is -0.770. The number of carbonyl (C=O) groups excluding carboxylic acids is 1. The van der Waals surface area contributed by atoms with E-state index in [0.717, 1.165) is 19.5 Å². The molecule has 18 heavy (non-hydrogen) atoms. The Morgan fingerprint density at radius 3 is 2.44 bits per heavy atom. The van der Waals surface area contributed by atoms with Crippen molar-refractivity contribution in [2.45, 2.75) is 57.6 Å². The number of ether oxygens (including phenoxy) is 1. The molecule has 4 heteroatoms. The number of nitrogens with zero attached hydrogens (tertiary/aromatic N) is 1. The number of likely N-dealkylation sites (tertiary alicyclic amines) is 1. The van der Waals surface area contributed by atoms with E-state index in [9.17, 15) is 4.79 Å². The third kappa shape index (κ3) is 1.81. The third-order valence-corrected chi connectivity index (χ3v) is 4.82. The molecule has 0 spiro atoms. The van der Waals surface area contributed by atoms with E-state index in [4.69, 9.17) is 10.5 Å². The lowest BCUT2D eigenvalue weighted by Crippen LogP contribution is -2.74. The Labute approximate surface area is 109 Å². The van der Waals surface area contributed by atoms with Crippen LogP contribution < -0.4 is 5.73 Å². The smallest absolute Gasteiger partial charge is 0.410 e. The van der Waals surface area contributed by atoms with Gasteiger partial charge in [-0.05, 0) is 57.8 Å². The van der Waals surface area contributed by atoms with Gasteiger partial charge < -0.3 is 15.4 Å². The average molecular weight is 252 g/mol. The van der Waals surface area contributed by atoms with E-state index in [-0.39, 0.29) is 11.6 Å². The molecule has 4 aliphatic rings. The zero-order valence-electron chi connectivity index (χ0n) is 11.7. The molecule has 0 radical (unpaired) electrons. The number of hydrogen-bond acceptors (Lipinski definition) is 3. The van der Waals surface area contributed by atoms with Crippen molar-refractivity contribution in [1.82, 2.24) is 4.90 Å². The quantitative estimate of drug-likeness (QED) is 0.777. The first-order valence-electron chi connectivity index (χ1n) is 6.98. The van der Waals surface area contributed by atoms with Crippen LogP contribution in [0.4, 0.5) is 4.79 Å². The topological polar surface area (TPSA) is 55.6 Å². The van der Waals surface area contributed by atoms with Gasteiger partial charge in [-0.25, -0.2) is 4.79 Å². The minimum Gasteiger partial charge on any atom is -0.444 e. The van der Waals surface area contributed by atoms with Crippen LogP contribution in [0.2, 0.25) is 0 Å².